The molecule has 1 aromatic heterocycles. The van der Waals surface area contributed by atoms with Crippen LogP contribution in [0.2, 0.25) is 0 Å². The summed E-state index contributed by atoms with van der Waals surface area (Å²) in [6, 6.07) is 4.73. The van der Waals surface area contributed by atoms with Crippen LogP contribution in [0.15, 0.2) is 18.3 Å². The topological polar surface area (TPSA) is 36.4 Å². The van der Waals surface area contributed by atoms with Crippen LogP contribution >= 0.6 is 0 Å². The van der Waals surface area contributed by atoms with Crippen molar-refractivity contribution in [3.05, 3.63) is 24.0 Å². The van der Waals surface area contributed by atoms with E-state index in [-0.39, 0.29) is 6.61 Å². The molecule has 0 aliphatic heterocycles. The van der Waals surface area contributed by atoms with Gasteiger partial charge in [0.2, 0.25) is 0 Å². The molecule has 0 bridgehead atoms. The third kappa shape index (κ3) is 2.04. The largest absolute Gasteiger partial charge is 0.395 e. The van der Waals surface area contributed by atoms with Gasteiger partial charge in [0.25, 0.3) is 0 Å². The Hall–Kier alpha value is -1.09. The minimum atomic E-state index is 0.220. The third-order valence-electron chi connectivity index (χ3n) is 2.54. The maximum atomic E-state index is 8.99. The Morgan fingerprint density at radius 3 is 2.93 bits per heavy atom. The Morgan fingerprint density at radius 1 is 1.57 bits per heavy atom. The van der Waals surface area contributed by atoms with E-state index in [4.69, 9.17) is 5.11 Å². The highest BCUT2D eigenvalue weighted by atomic mass is 16.3. The molecule has 76 valence electrons. The number of aliphatic hydroxyl groups is 1. The Labute approximate surface area is 84.4 Å². The number of anilines is 1. The van der Waals surface area contributed by atoms with Gasteiger partial charge in [-0.1, -0.05) is 0 Å². The summed E-state index contributed by atoms with van der Waals surface area (Å²) in [5.74, 6) is 0. The lowest BCUT2D eigenvalue weighted by Crippen LogP contribution is -2.28. The number of aliphatic hydroxyl groups excluding tert-OH is 1. The molecule has 3 heteroatoms. The van der Waals surface area contributed by atoms with Gasteiger partial charge in [-0.3, -0.25) is 4.98 Å². The quantitative estimate of drug-likeness (QED) is 0.782. The van der Waals surface area contributed by atoms with Gasteiger partial charge in [0.1, 0.15) is 0 Å². The summed E-state index contributed by atoms with van der Waals surface area (Å²) in [7, 11) is 0. The van der Waals surface area contributed by atoms with Crippen LogP contribution in [0.5, 0.6) is 0 Å². The van der Waals surface area contributed by atoms with Gasteiger partial charge in [-0.2, -0.15) is 0 Å². The molecule has 0 saturated heterocycles. The van der Waals surface area contributed by atoms with Crippen molar-refractivity contribution in [1.29, 1.82) is 0 Å². The SMILES string of the molecule is Cc1cc(N(CCO)C2CC2)ccn1. The molecule has 1 aromatic rings. The molecule has 1 aliphatic rings. The normalized spacial score (nSPS) is 15.6. The van der Waals surface area contributed by atoms with Crippen LogP contribution in [0.3, 0.4) is 0 Å². The van der Waals surface area contributed by atoms with Gasteiger partial charge in [0.05, 0.1) is 6.61 Å². The fourth-order valence-corrected chi connectivity index (χ4v) is 1.73. The standard InChI is InChI=1S/C11H16N2O/c1-9-8-11(4-5-12-9)13(6-7-14)10-2-3-10/h4-5,8,10,14H,2-3,6-7H2,1H3. The highest BCUT2D eigenvalue weighted by molar-refractivity contribution is 5.48. The molecule has 0 unspecified atom stereocenters. The Kier molecular flexibility index (Phi) is 2.68. The van der Waals surface area contributed by atoms with Crippen molar-refractivity contribution in [3.8, 4) is 0 Å². The van der Waals surface area contributed by atoms with Crippen LogP contribution in [0.4, 0.5) is 5.69 Å². The van der Waals surface area contributed by atoms with Crippen molar-refractivity contribution in [1.82, 2.24) is 4.98 Å². The van der Waals surface area contributed by atoms with E-state index in [1.54, 1.807) is 0 Å². The van der Waals surface area contributed by atoms with Crippen molar-refractivity contribution < 1.29 is 5.11 Å². The summed E-state index contributed by atoms with van der Waals surface area (Å²) in [4.78, 5) is 6.45. The summed E-state index contributed by atoms with van der Waals surface area (Å²) in [5.41, 5.74) is 2.22. The first kappa shape index (κ1) is 9.46. The number of rotatable bonds is 4. The van der Waals surface area contributed by atoms with E-state index < -0.39 is 0 Å². The van der Waals surface area contributed by atoms with Crippen molar-refractivity contribution in [2.75, 3.05) is 18.1 Å². The molecule has 0 radical (unpaired) electrons. The number of hydrogen-bond acceptors (Lipinski definition) is 3. The smallest absolute Gasteiger partial charge is 0.0606 e. The predicted octanol–water partition coefficient (Wildman–Crippen LogP) is 1.35. The molecule has 1 N–H and O–H groups in total. The van der Waals surface area contributed by atoms with Gasteiger partial charge in [-0.05, 0) is 31.9 Å². The van der Waals surface area contributed by atoms with Crippen LogP contribution in [-0.2, 0) is 0 Å². The van der Waals surface area contributed by atoms with Gasteiger partial charge in [0, 0.05) is 30.2 Å². The van der Waals surface area contributed by atoms with Crippen molar-refractivity contribution in [2.45, 2.75) is 25.8 Å². The number of hydrogen-bond donors (Lipinski definition) is 1. The highest BCUT2D eigenvalue weighted by Crippen LogP contribution is 2.31. The predicted molar refractivity (Wildman–Crippen MR) is 56.4 cm³/mol. The molecular weight excluding hydrogens is 176 g/mol. The zero-order valence-electron chi connectivity index (χ0n) is 8.48. The van der Waals surface area contributed by atoms with Gasteiger partial charge in [-0.15, -0.1) is 0 Å². The monoisotopic (exact) mass is 192 g/mol. The van der Waals surface area contributed by atoms with E-state index >= 15 is 0 Å². The molecular formula is C11H16N2O. The lowest BCUT2D eigenvalue weighted by atomic mass is 10.3. The zero-order valence-corrected chi connectivity index (χ0v) is 8.48. The second-order valence-corrected chi connectivity index (χ2v) is 3.80. The number of aromatic nitrogens is 1. The molecule has 3 nitrogen and oxygen atoms in total. The molecule has 0 amide bonds. The summed E-state index contributed by atoms with van der Waals surface area (Å²) in [6.45, 7) is 2.94. The van der Waals surface area contributed by atoms with E-state index in [2.05, 4.69) is 16.0 Å². The molecule has 1 heterocycles. The van der Waals surface area contributed by atoms with E-state index in [1.807, 2.05) is 19.2 Å². The van der Waals surface area contributed by atoms with Gasteiger partial charge >= 0.3 is 0 Å². The fraction of sp³-hybridized carbons (Fsp3) is 0.545. The van der Waals surface area contributed by atoms with Crippen LogP contribution in [-0.4, -0.2) is 29.3 Å². The second kappa shape index (κ2) is 3.96. The third-order valence-corrected chi connectivity index (χ3v) is 2.54. The first-order valence-corrected chi connectivity index (χ1v) is 5.11. The molecule has 2 rings (SSSR count). The van der Waals surface area contributed by atoms with Gasteiger partial charge < -0.3 is 10.0 Å². The van der Waals surface area contributed by atoms with E-state index in [0.717, 1.165) is 12.2 Å². The molecule has 0 spiro atoms. The van der Waals surface area contributed by atoms with Crippen molar-refractivity contribution in [2.24, 2.45) is 0 Å². The summed E-state index contributed by atoms with van der Waals surface area (Å²) in [5, 5.41) is 8.99. The van der Waals surface area contributed by atoms with E-state index in [0.29, 0.717) is 6.04 Å². The molecule has 1 aliphatic carbocycles. The average Bonchev–Trinajstić information content (AvgIpc) is 2.97. The van der Waals surface area contributed by atoms with E-state index in [9.17, 15) is 0 Å². The van der Waals surface area contributed by atoms with Crippen LogP contribution in [0.25, 0.3) is 0 Å². The van der Waals surface area contributed by atoms with Crippen LogP contribution < -0.4 is 4.90 Å². The van der Waals surface area contributed by atoms with Gasteiger partial charge in [-0.25, -0.2) is 0 Å². The molecule has 1 fully saturated rings. The van der Waals surface area contributed by atoms with Crippen molar-refractivity contribution >= 4 is 5.69 Å². The number of nitrogens with zero attached hydrogens (tertiary/aromatic N) is 2. The Morgan fingerprint density at radius 2 is 2.36 bits per heavy atom. The molecule has 0 atom stereocenters. The number of aryl methyl sites for hydroxylation is 1. The second-order valence-electron chi connectivity index (χ2n) is 3.80. The average molecular weight is 192 g/mol. The van der Waals surface area contributed by atoms with E-state index in [1.165, 1.54) is 18.5 Å². The highest BCUT2D eigenvalue weighted by Gasteiger charge is 2.28. The van der Waals surface area contributed by atoms with Gasteiger partial charge in [0.15, 0.2) is 0 Å². The lowest BCUT2D eigenvalue weighted by Gasteiger charge is -2.23. The minimum Gasteiger partial charge on any atom is -0.395 e. The number of pyridine rings is 1. The van der Waals surface area contributed by atoms with Crippen LogP contribution in [0.1, 0.15) is 18.5 Å². The first-order chi connectivity index (χ1) is 6.81. The maximum absolute atomic E-state index is 8.99. The lowest BCUT2D eigenvalue weighted by molar-refractivity contribution is 0.301. The molecule has 0 aromatic carbocycles. The summed E-state index contributed by atoms with van der Waals surface area (Å²) >= 11 is 0. The minimum absolute atomic E-state index is 0.220. The maximum Gasteiger partial charge on any atom is 0.0606 e. The Bertz CT molecular complexity index is 310. The van der Waals surface area contributed by atoms with Crippen molar-refractivity contribution in [3.63, 3.8) is 0 Å². The molecule has 1 saturated carbocycles. The summed E-state index contributed by atoms with van der Waals surface area (Å²) in [6.07, 6.45) is 4.33. The first-order valence-electron chi connectivity index (χ1n) is 5.11. The fourth-order valence-electron chi connectivity index (χ4n) is 1.73. The zero-order chi connectivity index (χ0) is 9.97. The summed E-state index contributed by atoms with van der Waals surface area (Å²) < 4.78 is 0. The van der Waals surface area contributed by atoms with Crippen LogP contribution in [0, 0.1) is 6.92 Å². The molecule has 14 heavy (non-hydrogen) atoms. The Balaban J connectivity index is 2.16.